The fourth-order valence-electron chi connectivity index (χ4n) is 5.29. The number of hydrogen-bond acceptors (Lipinski definition) is 3. The third-order valence-corrected chi connectivity index (χ3v) is 8.79. The molecule has 3 fully saturated rings. The van der Waals surface area contributed by atoms with Gasteiger partial charge in [-0.3, -0.25) is 4.79 Å². The van der Waals surface area contributed by atoms with Crippen molar-refractivity contribution in [3.05, 3.63) is 35.6 Å². The number of nitrogens with one attached hydrogen (secondary N) is 1. The van der Waals surface area contributed by atoms with Crippen LogP contribution in [0.5, 0.6) is 0 Å². The van der Waals surface area contributed by atoms with Crippen LogP contribution in [0.3, 0.4) is 0 Å². The van der Waals surface area contributed by atoms with Crippen LogP contribution in [0.4, 0.5) is 4.39 Å². The first kappa shape index (κ1) is 24.8. The van der Waals surface area contributed by atoms with E-state index in [-0.39, 0.29) is 35.7 Å². The lowest BCUT2D eigenvalue weighted by Gasteiger charge is -2.42. The van der Waals surface area contributed by atoms with Crippen molar-refractivity contribution in [2.24, 2.45) is 11.8 Å². The molecule has 1 amide bonds. The first-order valence-corrected chi connectivity index (χ1v) is 13.5. The Morgan fingerprint density at radius 2 is 1.94 bits per heavy atom. The highest BCUT2D eigenvalue weighted by molar-refractivity contribution is 7.80. The fourth-order valence-corrected chi connectivity index (χ4v) is 6.07. The summed E-state index contributed by atoms with van der Waals surface area (Å²) >= 11 is -1.25. The maximum absolute atomic E-state index is 13.6. The average Bonchev–Trinajstić information content (AvgIpc) is 2.77. The Morgan fingerprint density at radius 3 is 2.58 bits per heavy atom. The van der Waals surface area contributed by atoms with Crippen LogP contribution in [0.1, 0.15) is 62.8 Å². The minimum absolute atomic E-state index is 0.0577. The number of halogens is 1. The lowest BCUT2D eigenvalue weighted by atomic mass is 9.82. The maximum atomic E-state index is 13.6. The smallest absolute Gasteiger partial charge is 0.225 e. The number of amides is 1. The van der Waals surface area contributed by atoms with E-state index in [2.05, 4.69) is 4.72 Å². The molecule has 1 saturated heterocycles. The zero-order valence-corrected chi connectivity index (χ0v) is 20.7. The number of benzene rings is 1. The summed E-state index contributed by atoms with van der Waals surface area (Å²) in [4.78, 5) is 14.8. The summed E-state index contributed by atoms with van der Waals surface area (Å²) in [6.07, 6.45) is 8.07. The minimum atomic E-state index is -1.25. The Balaban J connectivity index is 1.31. The molecule has 2 saturated carbocycles. The van der Waals surface area contributed by atoms with Crippen molar-refractivity contribution in [1.82, 2.24) is 13.9 Å². The van der Waals surface area contributed by atoms with E-state index >= 15 is 0 Å². The highest BCUT2D eigenvalue weighted by atomic mass is 32.2. The molecular weight excluding hydrogens is 441 g/mol. The molecule has 1 aromatic rings. The average molecular weight is 480 g/mol. The number of ether oxygens (including phenoxy) is 1. The van der Waals surface area contributed by atoms with Crippen molar-refractivity contribution in [1.29, 1.82) is 0 Å². The summed E-state index contributed by atoms with van der Waals surface area (Å²) in [5.74, 6) is 0.826. The molecule has 8 heteroatoms. The van der Waals surface area contributed by atoms with Gasteiger partial charge in [-0.2, -0.15) is 0 Å². The van der Waals surface area contributed by atoms with Crippen molar-refractivity contribution in [3.63, 3.8) is 0 Å². The van der Waals surface area contributed by atoms with Crippen LogP contribution in [0.25, 0.3) is 0 Å². The van der Waals surface area contributed by atoms with E-state index in [9.17, 15) is 13.4 Å². The van der Waals surface area contributed by atoms with Gasteiger partial charge in [-0.05, 0) is 68.6 Å². The summed E-state index contributed by atoms with van der Waals surface area (Å²) in [6.45, 7) is 1.94. The number of nitrogens with zero attached hydrogens (tertiary/aromatic N) is 2. The SMILES string of the molecule is CN(C)S(=O)NC1CCN(C(=O)C2CCC2)C[C@H]1COC1CCC(c2cccc(F)c2)CC1. The predicted molar refractivity (Wildman–Crippen MR) is 128 cm³/mol. The molecule has 33 heavy (non-hydrogen) atoms. The summed E-state index contributed by atoms with van der Waals surface area (Å²) in [5, 5.41) is 0. The molecule has 0 aromatic heterocycles. The van der Waals surface area contributed by atoms with Crippen molar-refractivity contribution in [2.75, 3.05) is 33.8 Å². The Morgan fingerprint density at radius 1 is 1.18 bits per heavy atom. The number of piperidine rings is 1. The van der Waals surface area contributed by atoms with E-state index < -0.39 is 11.2 Å². The van der Waals surface area contributed by atoms with Gasteiger partial charge in [0.05, 0.1) is 12.7 Å². The number of rotatable bonds is 8. The highest BCUT2D eigenvalue weighted by Crippen LogP contribution is 2.35. The molecule has 1 aromatic carbocycles. The molecular formula is C25H38FN3O3S. The molecule has 4 rings (SSSR count). The summed E-state index contributed by atoms with van der Waals surface area (Å²) in [6, 6.07) is 7.02. The lowest BCUT2D eigenvalue weighted by molar-refractivity contribution is -0.141. The number of hydrogen-bond donors (Lipinski definition) is 1. The van der Waals surface area contributed by atoms with Crippen LogP contribution in [0.2, 0.25) is 0 Å². The predicted octanol–water partition coefficient (Wildman–Crippen LogP) is 3.62. The molecule has 2 aliphatic carbocycles. The Bertz CT molecular complexity index is 827. The third-order valence-electron chi connectivity index (χ3n) is 7.62. The summed E-state index contributed by atoms with van der Waals surface area (Å²) in [5.41, 5.74) is 1.08. The van der Waals surface area contributed by atoms with E-state index in [0.717, 1.165) is 56.9 Å². The van der Waals surface area contributed by atoms with Crippen LogP contribution in [-0.4, -0.2) is 65.3 Å². The van der Waals surface area contributed by atoms with Gasteiger partial charge in [-0.25, -0.2) is 17.6 Å². The first-order valence-electron chi connectivity index (χ1n) is 12.4. The second-order valence-electron chi connectivity index (χ2n) is 10.1. The van der Waals surface area contributed by atoms with Gasteiger partial charge in [0.2, 0.25) is 5.91 Å². The van der Waals surface area contributed by atoms with Crippen LogP contribution >= 0.6 is 0 Å². The van der Waals surface area contributed by atoms with Crippen LogP contribution in [-0.2, 0) is 20.7 Å². The van der Waals surface area contributed by atoms with Gasteiger partial charge < -0.3 is 9.64 Å². The Labute approximate surface area is 200 Å². The van der Waals surface area contributed by atoms with Crippen LogP contribution in [0, 0.1) is 17.7 Å². The zero-order chi connectivity index (χ0) is 23.4. The molecule has 3 aliphatic rings. The number of likely N-dealkylation sites (tertiary alicyclic amines) is 1. The molecule has 0 bridgehead atoms. The molecule has 6 nitrogen and oxygen atoms in total. The standard InChI is InChI=1S/C25H38FN3O3S/c1-28(2)33(31)27-24-13-14-29(25(30)19-5-3-6-19)16-21(24)17-32-23-11-9-18(10-12-23)20-7-4-8-22(26)15-20/h4,7-8,15,18-19,21,23-24,27H,3,5-6,9-14,16-17H2,1-2H3/t18?,21-,23?,24?,33?/m0/s1. The van der Waals surface area contributed by atoms with Gasteiger partial charge in [-0.15, -0.1) is 0 Å². The first-order chi connectivity index (χ1) is 15.9. The maximum Gasteiger partial charge on any atom is 0.225 e. The van der Waals surface area contributed by atoms with Gasteiger partial charge in [0.25, 0.3) is 0 Å². The van der Waals surface area contributed by atoms with E-state index in [1.807, 2.05) is 11.0 Å². The van der Waals surface area contributed by atoms with Gasteiger partial charge >= 0.3 is 0 Å². The van der Waals surface area contributed by atoms with Crippen LogP contribution < -0.4 is 4.72 Å². The van der Waals surface area contributed by atoms with E-state index in [1.54, 1.807) is 30.5 Å². The second-order valence-corrected chi connectivity index (χ2v) is 11.6. The van der Waals surface area contributed by atoms with E-state index in [0.29, 0.717) is 25.6 Å². The topological polar surface area (TPSA) is 61.9 Å². The van der Waals surface area contributed by atoms with E-state index in [4.69, 9.17) is 4.74 Å². The minimum Gasteiger partial charge on any atom is -0.378 e. The van der Waals surface area contributed by atoms with Gasteiger partial charge in [-0.1, -0.05) is 18.6 Å². The van der Waals surface area contributed by atoms with Gasteiger partial charge in [0.15, 0.2) is 11.2 Å². The molecule has 1 heterocycles. The third kappa shape index (κ3) is 6.41. The normalized spacial score (nSPS) is 29.6. The lowest BCUT2D eigenvalue weighted by Crippen LogP contribution is -2.55. The second kappa shape index (κ2) is 11.4. The molecule has 0 radical (unpaired) electrons. The van der Waals surface area contributed by atoms with Crippen molar-refractivity contribution < 1.29 is 18.1 Å². The zero-order valence-electron chi connectivity index (χ0n) is 19.9. The molecule has 1 aliphatic heterocycles. The molecule has 184 valence electrons. The summed E-state index contributed by atoms with van der Waals surface area (Å²) in [7, 11) is 3.59. The van der Waals surface area contributed by atoms with Crippen LogP contribution in [0.15, 0.2) is 24.3 Å². The Hall–Kier alpha value is -1.35. The van der Waals surface area contributed by atoms with Crippen molar-refractivity contribution in [3.8, 4) is 0 Å². The van der Waals surface area contributed by atoms with Crippen molar-refractivity contribution in [2.45, 2.75) is 69.4 Å². The summed E-state index contributed by atoms with van der Waals surface area (Å²) < 4.78 is 37.3. The Kier molecular flexibility index (Phi) is 8.54. The number of carbonyl (C=O) groups excluding carboxylic acids is 1. The molecule has 0 spiro atoms. The molecule has 1 N–H and O–H groups in total. The number of carbonyl (C=O) groups is 1. The monoisotopic (exact) mass is 479 g/mol. The highest BCUT2D eigenvalue weighted by Gasteiger charge is 2.37. The quantitative estimate of drug-likeness (QED) is 0.620. The largest absolute Gasteiger partial charge is 0.378 e. The molecule has 3 atom stereocenters. The fraction of sp³-hybridized carbons (Fsp3) is 0.720. The van der Waals surface area contributed by atoms with E-state index in [1.165, 1.54) is 6.07 Å². The van der Waals surface area contributed by atoms with Gasteiger partial charge in [0, 0.05) is 45.1 Å². The van der Waals surface area contributed by atoms with Crippen molar-refractivity contribution >= 4 is 17.1 Å². The van der Waals surface area contributed by atoms with Gasteiger partial charge in [0.1, 0.15) is 5.82 Å². The molecule has 2 unspecified atom stereocenters.